The minimum atomic E-state index is -0.148. The van der Waals surface area contributed by atoms with Crippen LogP contribution in [0.25, 0.3) is 22.6 Å². The van der Waals surface area contributed by atoms with Gasteiger partial charge in [-0.15, -0.1) is 0 Å². The average molecular weight is 353 g/mol. The molecule has 7 nitrogen and oxygen atoms in total. The Hall–Kier alpha value is -2.67. The molecule has 3 aromatic rings. The van der Waals surface area contributed by atoms with E-state index in [0.717, 1.165) is 43.0 Å². The van der Waals surface area contributed by atoms with Gasteiger partial charge in [0, 0.05) is 45.1 Å². The number of nitrogens with zero attached hydrogens (tertiary/aromatic N) is 4. The summed E-state index contributed by atoms with van der Waals surface area (Å²) in [6, 6.07) is 8.13. The maximum atomic E-state index is 12.4. The van der Waals surface area contributed by atoms with Crippen molar-refractivity contribution in [2.45, 2.75) is 19.4 Å². The molecule has 1 aromatic carbocycles. The van der Waals surface area contributed by atoms with Crippen molar-refractivity contribution in [2.75, 3.05) is 32.2 Å². The van der Waals surface area contributed by atoms with Crippen molar-refractivity contribution in [2.24, 2.45) is 5.92 Å². The molecule has 1 saturated heterocycles. The molecule has 0 amide bonds. The Morgan fingerprint density at radius 3 is 2.88 bits per heavy atom. The fourth-order valence-electron chi connectivity index (χ4n) is 3.36. The van der Waals surface area contributed by atoms with Gasteiger partial charge >= 0.3 is 5.69 Å². The third-order valence-electron chi connectivity index (χ3n) is 4.92. The number of H-pyrrole nitrogens is 1. The molecule has 1 aliphatic rings. The first-order valence-corrected chi connectivity index (χ1v) is 8.93. The van der Waals surface area contributed by atoms with Gasteiger partial charge < -0.3 is 9.64 Å². The molecule has 0 radical (unpaired) electrons. The van der Waals surface area contributed by atoms with Crippen LogP contribution in [0.15, 0.2) is 35.3 Å². The second-order valence-corrected chi connectivity index (χ2v) is 6.97. The highest BCUT2D eigenvalue weighted by molar-refractivity contribution is 5.72. The summed E-state index contributed by atoms with van der Waals surface area (Å²) in [7, 11) is 4.01. The van der Waals surface area contributed by atoms with Crippen molar-refractivity contribution >= 4 is 17.0 Å². The summed E-state index contributed by atoms with van der Waals surface area (Å²) in [4.78, 5) is 26.4. The lowest BCUT2D eigenvalue weighted by Gasteiger charge is -2.21. The van der Waals surface area contributed by atoms with Crippen molar-refractivity contribution in [3.05, 3.63) is 40.9 Å². The number of imidazole rings is 1. The molecule has 3 heterocycles. The van der Waals surface area contributed by atoms with Crippen molar-refractivity contribution in [1.82, 2.24) is 19.5 Å². The number of rotatable bonds is 4. The molecule has 0 atom stereocenters. The molecule has 26 heavy (non-hydrogen) atoms. The number of fused-ring (bicyclic) bond motifs is 1. The molecule has 1 aliphatic heterocycles. The average Bonchev–Trinajstić information content (AvgIpc) is 2.97. The lowest BCUT2D eigenvalue weighted by atomic mass is 10.0. The predicted molar refractivity (Wildman–Crippen MR) is 101 cm³/mol. The van der Waals surface area contributed by atoms with E-state index in [2.05, 4.69) is 16.0 Å². The fraction of sp³-hybridized carbons (Fsp3) is 0.421. The van der Waals surface area contributed by atoms with Gasteiger partial charge in [-0.05, 0) is 30.9 Å². The quantitative estimate of drug-likeness (QED) is 0.779. The number of hydrogen-bond donors (Lipinski definition) is 1. The summed E-state index contributed by atoms with van der Waals surface area (Å²) < 4.78 is 7.14. The summed E-state index contributed by atoms with van der Waals surface area (Å²) in [5, 5.41) is 0. The van der Waals surface area contributed by atoms with Crippen LogP contribution >= 0.6 is 0 Å². The molecular formula is C19H23N5O2. The zero-order valence-electron chi connectivity index (χ0n) is 15.1. The van der Waals surface area contributed by atoms with Gasteiger partial charge in [0.1, 0.15) is 0 Å². The molecule has 4 rings (SSSR count). The Bertz CT molecular complexity index is 969. The first-order valence-electron chi connectivity index (χ1n) is 8.93. The van der Waals surface area contributed by atoms with E-state index in [4.69, 9.17) is 9.72 Å². The molecule has 2 aromatic heterocycles. The minimum Gasteiger partial charge on any atom is -0.381 e. The van der Waals surface area contributed by atoms with E-state index in [1.165, 1.54) is 0 Å². The van der Waals surface area contributed by atoms with Crippen LogP contribution in [-0.4, -0.2) is 46.8 Å². The lowest BCUT2D eigenvalue weighted by Crippen LogP contribution is -2.26. The van der Waals surface area contributed by atoms with E-state index in [1.54, 1.807) is 10.8 Å². The van der Waals surface area contributed by atoms with Gasteiger partial charge in [0.05, 0.1) is 11.9 Å². The van der Waals surface area contributed by atoms with Crippen LogP contribution in [0.2, 0.25) is 0 Å². The second kappa shape index (κ2) is 6.92. The molecule has 7 heteroatoms. The second-order valence-electron chi connectivity index (χ2n) is 6.97. The summed E-state index contributed by atoms with van der Waals surface area (Å²) in [6.45, 7) is 2.17. The van der Waals surface area contributed by atoms with Gasteiger partial charge in [-0.2, -0.15) is 0 Å². The zero-order valence-corrected chi connectivity index (χ0v) is 15.1. The van der Waals surface area contributed by atoms with Crippen LogP contribution in [-0.2, 0) is 11.3 Å². The van der Waals surface area contributed by atoms with Crippen molar-refractivity contribution < 1.29 is 4.74 Å². The van der Waals surface area contributed by atoms with Crippen LogP contribution in [0.1, 0.15) is 12.8 Å². The van der Waals surface area contributed by atoms with Gasteiger partial charge in [-0.25, -0.2) is 14.8 Å². The molecule has 0 bridgehead atoms. The lowest BCUT2D eigenvalue weighted by molar-refractivity contribution is 0.0613. The highest BCUT2D eigenvalue weighted by Gasteiger charge is 2.18. The smallest absolute Gasteiger partial charge is 0.328 e. The Balaban J connectivity index is 1.73. The molecule has 0 saturated carbocycles. The minimum absolute atomic E-state index is 0.148. The van der Waals surface area contributed by atoms with Crippen molar-refractivity contribution in [3.8, 4) is 11.3 Å². The van der Waals surface area contributed by atoms with Crippen LogP contribution < -0.4 is 10.6 Å². The van der Waals surface area contributed by atoms with Gasteiger partial charge in [0.15, 0.2) is 11.3 Å². The molecule has 0 aliphatic carbocycles. The maximum absolute atomic E-state index is 12.4. The van der Waals surface area contributed by atoms with Gasteiger partial charge in [-0.3, -0.25) is 9.55 Å². The topological polar surface area (TPSA) is 76.0 Å². The van der Waals surface area contributed by atoms with Crippen molar-refractivity contribution in [3.63, 3.8) is 0 Å². The van der Waals surface area contributed by atoms with Crippen LogP contribution in [0.5, 0.6) is 0 Å². The largest absolute Gasteiger partial charge is 0.381 e. The van der Waals surface area contributed by atoms with Crippen LogP contribution in [0, 0.1) is 5.92 Å². The molecule has 1 N–H and O–H groups in total. The molecule has 136 valence electrons. The Kier molecular flexibility index (Phi) is 4.46. The number of nitrogens with one attached hydrogen (secondary N) is 1. The zero-order chi connectivity index (χ0) is 18.1. The first-order chi connectivity index (χ1) is 12.6. The van der Waals surface area contributed by atoms with E-state index in [0.29, 0.717) is 23.8 Å². The molecule has 0 unspecified atom stereocenters. The van der Waals surface area contributed by atoms with Gasteiger partial charge in [0.25, 0.3) is 0 Å². The number of ether oxygens (including phenoxy) is 1. The number of aromatic amines is 1. The van der Waals surface area contributed by atoms with E-state index in [9.17, 15) is 4.79 Å². The summed E-state index contributed by atoms with van der Waals surface area (Å²) in [5.74, 6) is 0.433. The monoisotopic (exact) mass is 353 g/mol. The van der Waals surface area contributed by atoms with E-state index >= 15 is 0 Å². The van der Waals surface area contributed by atoms with E-state index in [1.807, 2.05) is 37.2 Å². The first kappa shape index (κ1) is 16.8. The number of aromatic nitrogens is 4. The fourth-order valence-corrected chi connectivity index (χ4v) is 3.36. The van der Waals surface area contributed by atoms with E-state index in [-0.39, 0.29) is 5.69 Å². The highest BCUT2D eigenvalue weighted by Crippen LogP contribution is 2.23. The third-order valence-corrected chi connectivity index (χ3v) is 4.92. The number of anilines is 1. The maximum Gasteiger partial charge on any atom is 0.328 e. The standard InChI is InChI=1S/C19H23N5O2/c1-23(2)15-5-3-4-14(10-15)16-11-20-17-18(21-16)24(19(25)22-17)12-13-6-8-26-9-7-13/h3-5,10-11,13H,6-9,12H2,1-2H3,(H,20,22,25). The SMILES string of the molecule is CN(C)c1cccc(-c2cnc3[nH]c(=O)n(CC4CCOCC4)c3n2)c1. The summed E-state index contributed by atoms with van der Waals surface area (Å²) in [5.41, 5.74) is 3.85. The summed E-state index contributed by atoms with van der Waals surface area (Å²) in [6.07, 6.45) is 3.65. The Labute approximate surface area is 151 Å². The number of hydrogen-bond acceptors (Lipinski definition) is 5. The van der Waals surface area contributed by atoms with Crippen LogP contribution in [0.3, 0.4) is 0 Å². The molecule has 1 fully saturated rings. The highest BCUT2D eigenvalue weighted by atomic mass is 16.5. The Morgan fingerprint density at radius 1 is 1.31 bits per heavy atom. The molecular weight excluding hydrogens is 330 g/mol. The van der Waals surface area contributed by atoms with E-state index < -0.39 is 0 Å². The van der Waals surface area contributed by atoms with Crippen LogP contribution in [0.4, 0.5) is 5.69 Å². The van der Waals surface area contributed by atoms with Gasteiger partial charge in [0.2, 0.25) is 0 Å². The van der Waals surface area contributed by atoms with Gasteiger partial charge in [-0.1, -0.05) is 12.1 Å². The number of benzene rings is 1. The third kappa shape index (κ3) is 3.22. The summed E-state index contributed by atoms with van der Waals surface area (Å²) >= 11 is 0. The predicted octanol–water partition coefficient (Wildman–Crippen LogP) is 2.28. The van der Waals surface area contributed by atoms with Crippen molar-refractivity contribution in [1.29, 1.82) is 0 Å². The Morgan fingerprint density at radius 2 is 2.12 bits per heavy atom. The molecule has 0 spiro atoms. The normalized spacial score (nSPS) is 15.5.